The van der Waals surface area contributed by atoms with Gasteiger partial charge in [-0.25, -0.2) is 4.98 Å². The van der Waals surface area contributed by atoms with Crippen LogP contribution in [-0.2, 0) is 0 Å². The second-order valence-electron chi connectivity index (χ2n) is 4.51. The molecular weight excluding hydrogens is 200 g/mol. The topological polar surface area (TPSA) is 41.1 Å². The number of hydrogen-bond donors (Lipinski definition) is 1. The fourth-order valence-corrected chi connectivity index (χ4v) is 1.66. The lowest BCUT2D eigenvalue weighted by Crippen LogP contribution is -2.21. The molecule has 1 aromatic heterocycles. The Kier molecular flexibility index (Phi) is 3.59. The molecule has 0 aromatic carbocycles. The molecule has 0 aliphatic heterocycles. The van der Waals surface area contributed by atoms with E-state index >= 15 is 0 Å². The molecule has 2 rings (SSSR count). The molecule has 0 unspecified atom stereocenters. The first-order chi connectivity index (χ1) is 7.79. The maximum atomic E-state index is 4.54. The van der Waals surface area contributed by atoms with E-state index in [9.17, 15) is 0 Å². The van der Waals surface area contributed by atoms with Gasteiger partial charge in [0.15, 0.2) is 0 Å². The summed E-state index contributed by atoms with van der Waals surface area (Å²) in [5, 5.41) is 3.26. The van der Waals surface area contributed by atoms with Crippen molar-refractivity contribution in [2.75, 3.05) is 30.4 Å². The summed E-state index contributed by atoms with van der Waals surface area (Å²) in [6, 6.07) is 0. The van der Waals surface area contributed by atoms with Gasteiger partial charge in [-0.15, -0.1) is 0 Å². The molecule has 0 bridgehead atoms. The number of hydrogen-bond acceptors (Lipinski definition) is 4. The van der Waals surface area contributed by atoms with Crippen LogP contribution >= 0.6 is 0 Å². The molecule has 1 aliphatic carbocycles. The summed E-state index contributed by atoms with van der Waals surface area (Å²) in [5.74, 6) is 2.72. The van der Waals surface area contributed by atoms with Crippen LogP contribution in [0.2, 0.25) is 0 Å². The second kappa shape index (κ2) is 5.14. The molecule has 0 radical (unpaired) electrons. The molecule has 1 aliphatic rings. The van der Waals surface area contributed by atoms with Gasteiger partial charge in [0.05, 0.1) is 12.4 Å². The molecule has 0 amide bonds. The van der Waals surface area contributed by atoms with Gasteiger partial charge < -0.3 is 10.2 Å². The maximum Gasteiger partial charge on any atom is 0.149 e. The third-order valence-corrected chi connectivity index (χ3v) is 2.80. The van der Waals surface area contributed by atoms with Crippen LogP contribution in [-0.4, -0.2) is 30.1 Å². The summed E-state index contributed by atoms with van der Waals surface area (Å²) in [7, 11) is 2.09. The van der Waals surface area contributed by atoms with Gasteiger partial charge in [0.25, 0.3) is 0 Å². The molecule has 88 valence electrons. The van der Waals surface area contributed by atoms with Crippen LogP contribution in [0.1, 0.15) is 26.2 Å². The summed E-state index contributed by atoms with van der Waals surface area (Å²) in [5.41, 5.74) is 0. The van der Waals surface area contributed by atoms with Gasteiger partial charge in [0.1, 0.15) is 11.6 Å². The van der Waals surface area contributed by atoms with Gasteiger partial charge in [0, 0.05) is 20.1 Å². The largest absolute Gasteiger partial charge is 0.369 e. The molecule has 1 fully saturated rings. The van der Waals surface area contributed by atoms with Crippen LogP contribution in [0.25, 0.3) is 0 Å². The van der Waals surface area contributed by atoms with Crippen molar-refractivity contribution in [3.05, 3.63) is 12.4 Å². The maximum absolute atomic E-state index is 4.54. The highest BCUT2D eigenvalue weighted by atomic mass is 15.2. The summed E-state index contributed by atoms with van der Waals surface area (Å²) in [4.78, 5) is 11.0. The molecule has 16 heavy (non-hydrogen) atoms. The number of aromatic nitrogens is 2. The first-order valence-electron chi connectivity index (χ1n) is 6.06. The molecule has 4 heteroatoms. The second-order valence-corrected chi connectivity index (χ2v) is 4.51. The SMILES string of the molecule is CCCNc1cncc(N(C)CC2CC2)n1. The molecule has 1 N–H and O–H groups in total. The normalized spacial score (nSPS) is 14.9. The minimum absolute atomic E-state index is 0.874. The first-order valence-corrected chi connectivity index (χ1v) is 6.06. The van der Waals surface area contributed by atoms with E-state index < -0.39 is 0 Å². The van der Waals surface area contributed by atoms with Crippen LogP contribution in [0, 0.1) is 5.92 Å². The fourth-order valence-electron chi connectivity index (χ4n) is 1.66. The highest BCUT2D eigenvalue weighted by Gasteiger charge is 2.23. The lowest BCUT2D eigenvalue weighted by Gasteiger charge is -2.17. The van der Waals surface area contributed by atoms with Crippen molar-refractivity contribution in [3.63, 3.8) is 0 Å². The van der Waals surface area contributed by atoms with Crippen molar-refractivity contribution in [2.45, 2.75) is 26.2 Å². The molecule has 1 heterocycles. The predicted molar refractivity (Wildman–Crippen MR) is 66.8 cm³/mol. The van der Waals surface area contributed by atoms with Gasteiger partial charge in [0.2, 0.25) is 0 Å². The van der Waals surface area contributed by atoms with Crippen LogP contribution in [0.15, 0.2) is 12.4 Å². The molecular formula is C12H20N4. The van der Waals surface area contributed by atoms with Crippen molar-refractivity contribution in [1.29, 1.82) is 0 Å². The van der Waals surface area contributed by atoms with Crippen molar-refractivity contribution < 1.29 is 0 Å². The predicted octanol–water partition coefficient (Wildman–Crippen LogP) is 2.14. The van der Waals surface area contributed by atoms with E-state index in [-0.39, 0.29) is 0 Å². The van der Waals surface area contributed by atoms with Crippen LogP contribution in [0.5, 0.6) is 0 Å². The van der Waals surface area contributed by atoms with Gasteiger partial charge in [-0.05, 0) is 25.2 Å². The Balaban J connectivity index is 1.96. The summed E-state index contributed by atoms with van der Waals surface area (Å²) >= 11 is 0. The van der Waals surface area contributed by atoms with Gasteiger partial charge >= 0.3 is 0 Å². The van der Waals surface area contributed by atoms with Crippen molar-refractivity contribution in [2.24, 2.45) is 5.92 Å². The standard InChI is InChI=1S/C12H20N4/c1-3-6-14-11-7-13-8-12(15-11)16(2)9-10-4-5-10/h7-8,10H,3-6,9H2,1-2H3,(H,14,15). The Morgan fingerprint density at radius 1 is 1.44 bits per heavy atom. The van der Waals surface area contributed by atoms with Crippen molar-refractivity contribution >= 4 is 11.6 Å². The molecule has 4 nitrogen and oxygen atoms in total. The molecule has 0 saturated heterocycles. The number of nitrogens with zero attached hydrogens (tertiary/aromatic N) is 3. The Morgan fingerprint density at radius 3 is 2.94 bits per heavy atom. The van der Waals surface area contributed by atoms with E-state index in [0.717, 1.165) is 37.1 Å². The van der Waals surface area contributed by atoms with Gasteiger partial charge in [-0.1, -0.05) is 6.92 Å². The van der Waals surface area contributed by atoms with Gasteiger partial charge in [-0.2, -0.15) is 0 Å². The average molecular weight is 220 g/mol. The smallest absolute Gasteiger partial charge is 0.149 e. The van der Waals surface area contributed by atoms with Crippen molar-refractivity contribution in [3.8, 4) is 0 Å². The average Bonchev–Trinajstić information content (AvgIpc) is 3.10. The van der Waals surface area contributed by atoms with E-state index in [4.69, 9.17) is 0 Å². The van der Waals surface area contributed by atoms with E-state index in [1.165, 1.54) is 12.8 Å². The highest BCUT2D eigenvalue weighted by molar-refractivity contribution is 5.43. The summed E-state index contributed by atoms with van der Waals surface area (Å²) < 4.78 is 0. The van der Waals surface area contributed by atoms with Crippen LogP contribution in [0.3, 0.4) is 0 Å². The molecule has 1 aromatic rings. The lowest BCUT2D eigenvalue weighted by atomic mass is 10.4. The van der Waals surface area contributed by atoms with Crippen molar-refractivity contribution in [1.82, 2.24) is 9.97 Å². The van der Waals surface area contributed by atoms with E-state index in [1.54, 1.807) is 6.20 Å². The zero-order valence-electron chi connectivity index (χ0n) is 10.1. The van der Waals surface area contributed by atoms with E-state index in [2.05, 4.69) is 34.2 Å². The summed E-state index contributed by atoms with van der Waals surface area (Å²) in [6.45, 7) is 4.19. The van der Waals surface area contributed by atoms with Gasteiger partial charge in [-0.3, -0.25) is 4.98 Å². The quantitative estimate of drug-likeness (QED) is 0.797. The monoisotopic (exact) mass is 220 g/mol. The highest BCUT2D eigenvalue weighted by Crippen LogP contribution is 2.30. The zero-order valence-corrected chi connectivity index (χ0v) is 10.1. The third kappa shape index (κ3) is 3.08. The van der Waals surface area contributed by atoms with Crippen LogP contribution < -0.4 is 10.2 Å². The fraction of sp³-hybridized carbons (Fsp3) is 0.667. The first kappa shape index (κ1) is 11.2. The number of nitrogens with one attached hydrogen (secondary N) is 1. The van der Waals surface area contributed by atoms with E-state index in [0.29, 0.717) is 0 Å². The molecule has 0 spiro atoms. The Morgan fingerprint density at radius 2 is 2.25 bits per heavy atom. The number of rotatable bonds is 6. The lowest BCUT2D eigenvalue weighted by molar-refractivity contribution is 0.774. The molecule has 1 saturated carbocycles. The Bertz CT molecular complexity index is 336. The third-order valence-electron chi connectivity index (χ3n) is 2.80. The zero-order chi connectivity index (χ0) is 11.4. The Hall–Kier alpha value is -1.32. The van der Waals surface area contributed by atoms with E-state index in [1.807, 2.05) is 6.20 Å². The minimum atomic E-state index is 0.874. The van der Waals surface area contributed by atoms with Crippen LogP contribution in [0.4, 0.5) is 11.6 Å². The minimum Gasteiger partial charge on any atom is -0.369 e. The molecule has 0 atom stereocenters. The Labute approximate surface area is 97.1 Å². The number of anilines is 2. The summed E-state index contributed by atoms with van der Waals surface area (Å²) in [6.07, 6.45) is 7.45.